The van der Waals surface area contributed by atoms with E-state index in [2.05, 4.69) is 0 Å². The number of aromatic nitrogens is 2. The fourth-order valence-electron chi connectivity index (χ4n) is 9.18. The van der Waals surface area contributed by atoms with Crippen LogP contribution in [0.5, 0.6) is 0 Å². The first kappa shape index (κ1) is 35.4. The third kappa shape index (κ3) is 4.69. The van der Waals surface area contributed by atoms with E-state index in [1.165, 1.54) is 0 Å². The van der Waals surface area contributed by atoms with Crippen molar-refractivity contribution in [2.24, 2.45) is 0 Å². The summed E-state index contributed by atoms with van der Waals surface area (Å²) < 4.78 is 140. The molecule has 0 amide bonds. The van der Waals surface area contributed by atoms with Crippen molar-refractivity contribution in [3.05, 3.63) is 168 Å². The van der Waals surface area contributed by atoms with Crippen LogP contribution < -0.4 is 0 Å². The first-order valence-electron chi connectivity index (χ1n) is 19.0. The summed E-state index contributed by atoms with van der Waals surface area (Å²) in [5.74, 6) is -12.1. The van der Waals surface area contributed by atoms with Gasteiger partial charge in [0.25, 0.3) is 0 Å². The summed E-state index contributed by atoms with van der Waals surface area (Å²) in [6, 6.07) is 37.6. The van der Waals surface area contributed by atoms with Crippen LogP contribution in [-0.4, -0.2) is 9.13 Å². The van der Waals surface area contributed by atoms with Gasteiger partial charge in [0, 0.05) is 48.7 Å². The molecular weight excluding hydrogens is 801 g/mol. The van der Waals surface area contributed by atoms with E-state index in [1.54, 1.807) is 69.8 Å². The van der Waals surface area contributed by atoms with Crippen molar-refractivity contribution in [1.29, 1.82) is 0 Å². The topological polar surface area (TPSA) is 36.1 Å². The number of fused-ring (bicyclic) bond motifs is 14. The SMILES string of the molecule is Fc1c(F)c(F)c(-c2cc(-n3c4ccccc4c4ccc5c6ccccc6oc5c43)c(-n3c4ccccc4c4ccc5c6ccccc6oc5c43)cc2C(F)(F)F)c(F)c1F. The highest BCUT2D eigenvalue weighted by Gasteiger charge is 2.39. The number of alkyl halides is 3. The number of hydrogen-bond donors (Lipinski definition) is 0. The van der Waals surface area contributed by atoms with E-state index in [0.29, 0.717) is 82.8 Å². The zero-order valence-corrected chi connectivity index (χ0v) is 30.9. The monoisotopic (exact) mass is 822 g/mol. The third-order valence-corrected chi connectivity index (χ3v) is 11.7. The van der Waals surface area contributed by atoms with Gasteiger partial charge in [0.05, 0.1) is 44.6 Å². The number of para-hydroxylation sites is 4. The maximum atomic E-state index is 15.9. The Labute approximate surface area is 336 Å². The Morgan fingerprint density at radius 2 is 0.787 bits per heavy atom. The molecule has 0 saturated carbocycles. The molecule has 8 aromatic carbocycles. The lowest BCUT2D eigenvalue weighted by atomic mass is 9.95. The van der Waals surface area contributed by atoms with Crippen LogP contribution in [0.3, 0.4) is 0 Å². The van der Waals surface area contributed by atoms with E-state index in [9.17, 15) is 4.39 Å². The smallest absolute Gasteiger partial charge is 0.417 e. The highest BCUT2D eigenvalue weighted by atomic mass is 19.4. The van der Waals surface area contributed by atoms with Gasteiger partial charge in [0.15, 0.2) is 34.4 Å². The molecule has 0 radical (unpaired) electrons. The van der Waals surface area contributed by atoms with E-state index in [4.69, 9.17) is 8.83 Å². The van der Waals surface area contributed by atoms with Gasteiger partial charge in [-0.1, -0.05) is 84.9 Å². The highest BCUT2D eigenvalue weighted by Crippen LogP contribution is 2.49. The summed E-state index contributed by atoms with van der Waals surface area (Å²) in [7, 11) is 0. The second-order valence-corrected chi connectivity index (χ2v) is 14.9. The zero-order chi connectivity index (χ0) is 41.6. The van der Waals surface area contributed by atoms with E-state index >= 15 is 30.7 Å². The molecule has 0 unspecified atom stereocenters. The van der Waals surface area contributed by atoms with Crippen LogP contribution in [0.4, 0.5) is 35.1 Å². The van der Waals surface area contributed by atoms with Gasteiger partial charge < -0.3 is 18.0 Å². The summed E-state index contributed by atoms with van der Waals surface area (Å²) >= 11 is 0. The van der Waals surface area contributed by atoms with E-state index in [1.807, 2.05) is 60.7 Å². The average molecular weight is 823 g/mol. The standard InChI is InChI=1S/C49H22F8N2O2/c50-40-39(41(51)43(53)44(54)42(40)52)31-21-35(58-33-13-5-1-9-23(33)27-17-19-29-25-11-3-7-15-37(25)60-47(29)45(27)58)36(22-32(31)49(55,56)57)59-34-14-6-2-10-24(34)28-18-20-30-26-12-4-8-16-38(26)61-48(30)46(28)59/h1-22H. The normalized spacial score (nSPS) is 12.6. The Hall–Kier alpha value is -7.60. The third-order valence-electron chi connectivity index (χ3n) is 11.7. The van der Waals surface area contributed by atoms with Crippen LogP contribution in [0.25, 0.3) is 110 Å². The number of furan rings is 2. The van der Waals surface area contributed by atoms with E-state index in [-0.39, 0.29) is 11.4 Å². The molecule has 0 aliphatic heterocycles. The molecule has 0 saturated heterocycles. The molecule has 0 fully saturated rings. The molecule has 12 aromatic rings. The van der Waals surface area contributed by atoms with Gasteiger partial charge in [-0.25, -0.2) is 22.0 Å². The van der Waals surface area contributed by atoms with Crippen molar-refractivity contribution in [1.82, 2.24) is 9.13 Å². The largest absolute Gasteiger partial charge is 0.454 e. The predicted octanol–water partition coefficient (Wildman–Crippen LogP) is 15.1. The van der Waals surface area contributed by atoms with Crippen molar-refractivity contribution < 1.29 is 44.0 Å². The van der Waals surface area contributed by atoms with Crippen molar-refractivity contribution in [2.45, 2.75) is 6.18 Å². The molecule has 4 nitrogen and oxygen atoms in total. The van der Waals surface area contributed by atoms with Crippen molar-refractivity contribution in [3.8, 4) is 22.5 Å². The summed E-state index contributed by atoms with van der Waals surface area (Å²) in [6.45, 7) is 0. The van der Waals surface area contributed by atoms with Crippen LogP contribution in [0.2, 0.25) is 0 Å². The van der Waals surface area contributed by atoms with Crippen LogP contribution >= 0.6 is 0 Å². The maximum absolute atomic E-state index is 15.9. The molecule has 0 spiro atoms. The average Bonchev–Trinajstić information content (AvgIpc) is 4.02. The van der Waals surface area contributed by atoms with Gasteiger partial charge in [-0.3, -0.25) is 0 Å². The van der Waals surface area contributed by atoms with Crippen molar-refractivity contribution >= 4 is 87.5 Å². The number of nitrogens with zero attached hydrogens (tertiary/aromatic N) is 2. The first-order valence-corrected chi connectivity index (χ1v) is 19.0. The number of benzene rings is 8. The lowest BCUT2D eigenvalue weighted by Crippen LogP contribution is -2.14. The van der Waals surface area contributed by atoms with E-state index in [0.717, 1.165) is 16.8 Å². The fourth-order valence-corrected chi connectivity index (χ4v) is 9.18. The summed E-state index contributed by atoms with van der Waals surface area (Å²) in [6.07, 6.45) is -5.39. The maximum Gasteiger partial charge on any atom is 0.417 e. The molecule has 12 heteroatoms. The van der Waals surface area contributed by atoms with Gasteiger partial charge in [-0.15, -0.1) is 0 Å². The molecule has 0 N–H and O–H groups in total. The first-order chi connectivity index (χ1) is 29.5. The Morgan fingerprint density at radius 1 is 0.393 bits per heavy atom. The molecule has 296 valence electrons. The highest BCUT2D eigenvalue weighted by molar-refractivity contribution is 6.23. The van der Waals surface area contributed by atoms with Crippen molar-refractivity contribution in [2.75, 3.05) is 0 Å². The minimum Gasteiger partial charge on any atom is -0.454 e. The molecule has 61 heavy (non-hydrogen) atoms. The molecular formula is C49H22F8N2O2. The Morgan fingerprint density at radius 3 is 1.26 bits per heavy atom. The van der Waals surface area contributed by atoms with Gasteiger partial charge in [0.1, 0.15) is 11.2 Å². The molecule has 0 atom stereocenters. The molecule has 0 bridgehead atoms. The van der Waals surface area contributed by atoms with Gasteiger partial charge in [-0.05, 0) is 48.5 Å². The van der Waals surface area contributed by atoms with Crippen LogP contribution in [0, 0.1) is 29.1 Å². The number of rotatable bonds is 3. The summed E-state index contributed by atoms with van der Waals surface area (Å²) in [5, 5.41) is 5.37. The predicted molar refractivity (Wildman–Crippen MR) is 220 cm³/mol. The summed E-state index contributed by atoms with van der Waals surface area (Å²) in [5.41, 5.74) is -1.49. The van der Waals surface area contributed by atoms with Crippen LogP contribution in [0.15, 0.2) is 142 Å². The van der Waals surface area contributed by atoms with Crippen LogP contribution in [-0.2, 0) is 6.18 Å². The van der Waals surface area contributed by atoms with E-state index < -0.39 is 52.0 Å². The Bertz CT molecular complexity index is 3860. The van der Waals surface area contributed by atoms with Gasteiger partial charge in [-0.2, -0.15) is 13.2 Å². The molecule has 0 aliphatic carbocycles. The molecule has 4 aromatic heterocycles. The van der Waals surface area contributed by atoms with Gasteiger partial charge >= 0.3 is 6.18 Å². The summed E-state index contributed by atoms with van der Waals surface area (Å²) in [4.78, 5) is 0. The second kappa shape index (κ2) is 12.2. The molecule has 4 heterocycles. The number of hydrogen-bond acceptors (Lipinski definition) is 2. The van der Waals surface area contributed by atoms with Crippen molar-refractivity contribution in [3.63, 3.8) is 0 Å². The Kier molecular flexibility index (Phi) is 7.09. The minimum absolute atomic E-state index is 0.0955. The molecule has 0 aliphatic rings. The lowest BCUT2D eigenvalue weighted by Gasteiger charge is -2.22. The fraction of sp³-hybridized carbons (Fsp3) is 0.0204. The zero-order valence-electron chi connectivity index (χ0n) is 30.9. The molecule has 12 rings (SSSR count). The van der Waals surface area contributed by atoms with Gasteiger partial charge in [0.2, 0.25) is 5.82 Å². The Balaban J connectivity index is 1.35. The second-order valence-electron chi connectivity index (χ2n) is 14.9. The minimum atomic E-state index is -5.39. The van der Waals surface area contributed by atoms with Crippen LogP contribution in [0.1, 0.15) is 5.56 Å². The quantitative estimate of drug-likeness (QED) is 0.101. The number of halogens is 8. The lowest BCUT2D eigenvalue weighted by molar-refractivity contribution is -0.137.